The van der Waals surface area contributed by atoms with Crippen LogP contribution in [0.15, 0.2) is 16.8 Å². The van der Waals surface area contributed by atoms with Gasteiger partial charge in [0.15, 0.2) is 0 Å². The van der Waals surface area contributed by atoms with Crippen molar-refractivity contribution in [3.63, 3.8) is 0 Å². The van der Waals surface area contributed by atoms with Gasteiger partial charge in [-0.25, -0.2) is 0 Å². The third-order valence-electron chi connectivity index (χ3n) is 5.25. The number of piperazine rings is 1. The maximum atomic E-state index is 3.96. The van der Waals surface area contributed by atoms with Gasteiger partial charge in [-0.05, 0) is 47.6 Å². The van der Waals surface area contributed by atoms with Crippen molar-refractivity contribution in [2.75, 3.05) is 13.1 Å². The first-order valence-electron chi connectivity index (χ1n) is 8.67. The van der Waals surface area contributed by atoms with Crippen LogP contribution in [0.4, 0.5) is 0 Å². The number of hydrogen-bond donors (Lipinski definition) is 1. The number of nitrogens with zero attached hydrogens (tertiary/aromatic N) is 1. The van der Waals surface area contributed by atoms with Crippen molar-refractivity contribution < 1.29 is 0 Å². The quantitative estimate of drug-likeness (QED) is 0.893. The molecule has 3 heteroatoms. The van der Waals surface area contributed by atoms with Crippen molar-refractivity contribution in [3.05, 3.63) is 22.4 Å². The smallest absolute Gasteiger partial charge is 0.0309 e. The summed E-state index contributed by atoms with van der Waals surface area (Å²) >= 11 is 1.83. The first-order valence-corrected chi connectivity index (χ1v) is 9.61. The lowest BCUT2D eigenvalue weighted by atomic mass is 9.78. The molecule has 118 valence electrons. The van der Waals surface area contributed by atoms with Crippen molar-refractivity contribution in [2.45, 2.75) is 70.5 Å². The molecule has 2 fully saturated rings. The standard InChI is InChI=1S/C18H30N2S/c1-15(2)10-17-11-19-18(7-4-3-5-8-18)14-20(17)12-16-6-9-21-13-16/h6,9,13,15,17,19H,3-5,7-8,10-12,14H2,1-2H3. The van der Waals surface area contributed by atoms with Gasteiger partial charge in [0.2, 0.25) is 0 Å². The third kappa shape index (κ3) is 3.88. The number of thiophene rings is 1. The molecule has 0 aromatic carbocycles. The van der Waals surface area contributed by atoms with Gasteiger partial charge in [-0.1, -0.05) is 33.1 Å². The largest absolute Gasteiger partial charge is 0.308 e. The number of nitrogens with one attached hydrogen (secondary N) is 1. The second kappa shape index (κ2) is 6.80. The van der Waals surface area contributed by atoms with E-state index in [2.05, 4.69) is 40.9 Å². The summed E-state index contributed by atoms with van der Waals surface area (Å²) in [7, 11) is 0. The van der Waals surface area contributed by atoms with E-state index in [1.54, 1.807) is 0 Å². The molecule has 1 saturated heterocycles. The lowest BCUT2D eigenvalue weighted by Crippen LogP contribution is -2.64. The zero-order valence-corrected chi connectivity index (χ0v) is 14.4. The van der Waals surface area contributed by atoms with Crippen LogP contribution >= 0.6 is 11.3 Å². The fourth-order valence-corrected chi connectivity index (χ4v) is 4.84. The second-order valence-electron chi connectivity index (χ2n) is 7.54. The van der Waals surface area contributed by atoms with Crippen LogP contribution in [0.3, 0.4) is 0 Å². The molecule has 1 aromatic heterocycles. The molecule has 1 atom stereocenters. The average Bonchev–Trinajstić information content (AvgIpc) is 2.96. The van der Waals surface area contributed by atoms with Crippen molar-refractivity contribution in [2.24, 2.45) is 5.92 Å². The van der Waals surface area contributed by atoms with Crippen molar-refractivity contribution in [1.82, 2.24) is 10.2 Å². The minimum Gasteiger partial charge on any atom is -0.308 e. The highest BCUT2D eigenvalue weighted by molar-refractivity contribution is 7.07. The summed E-state index contributed by atoms with van der Waals surface area (Å²) in [6, 6.07) is 3.00. The van der Waals surface area contributed by atoms with Gasteiger partial charge in [-0.3, -0.25) is 4.90 Å². The van der Waals surface area contributed by atoms with Gasteiger partial charge in [0.25, 0.3) is 0 Å². The molecular weight excluding hydrogens is 276 g/mol. The minimum absolute atomic E-state index is 0.418. The van der Waals surface area contributed by atoms with Crippen LogP contribution in [0.25, 0.3) is 0 Å². The predicted octanol–water partition coefficient (Wildman–Crippen LogP) is 4.27. The van der Waals surface area contributed by atoms with Gasteiger partial charge >= 0.3 is 0 Å². The Morgan fingerprint density at radius 2 is 2.14 bits per heavy atom. The molecule has 0 radical (unpaired) electrons. The van der Waals surface area contributed by atoms with E-state index in [9.17, 15) is 0 Å². The number of hydrogen-bond acceptors (Lipinski definition) is 3. The first-order chi connectivity index (χ1) is 10.2. The molecule has 0 bridgehead atoms. The lowest BCUT2D eigenvalue weighted by Gasteiger charge is -2.50. The molecular formula is C18H30N2S. The fourth-order valence-electron chi connectivity index (χ4n) is 4.18. The summed E-state index contributed by atoms with van der Waals surface area (Å²) < 4.78 is 0. The second-order valence-corrected chi connectivity index (χ2v) is 8.32. The van der Waals surface area contributed by atoms with E-state index < -0.39 is 0 Å². The van der Waals surface area contributed by atoms with Crippen LogP contribution in [-0.4, -0.2) is 29.6 Å². The summed E-state index contributed by atoms with van der Waals surface area (Å²) in [5.74, 6) is 0.780. The Hall–Kier alpha value is -0.380. The van der Waals surface area contributed by atoms with E-state index in [0.717, 1.165) is 12.5 Å². The molecule has 1 unspecified atom stereocenters. The summed E-state index contributed by atoms with van der Waals surface area (Å²) in [5.41, 5.74) is 1.92. The minimum atomic E-state index is 0.418. The predicted molar refractivity (Wildman–Crippen MR) is 91.8 cm³/mol. The van der Waals surface area contributed by atoms with Crippen LogP contribution in [0.1, 0.15) is 57.9 Å². The van der Waals surface area contributed by atoms with Gasteiger partial charge in [-0.2, -0.15) is 11.3 Å². The highest BCUT2D eigenvalue weighted by atomic mass is 32.1. The van der Waals surface area contributed by atoms with Gasteiger partial charge in [0, 0.05) is 31.2 Å². The molecule has 21 heavy (non-hydrogen) atoms. The van der Waals surface area contributed by atoms with E-state index in [0.29, 0.717) is 11.6 Å². The van der Waals surface area contributed by atoms with E-state index >= 15 is 0 Å². The Balaban J connectivity index is 1.71. The highest BCUT2D eigenvalue weighted by Crippen LogP contribution is 2.33. The van der Waals surface area contributed by atoms with Crippen LogP contribution in [0.5, 0.6) is 0 Å². The SMILES string of the molecule is CC(C)CC1CNC2(CCCCC2)CN1Cc1ccsc1. The number of rotatable bonds is 4. The van der Waals surface area contributed by atoms with Crippen molar-refractivity contribution in [1.29, 1.82) is 0 Å². The van der Waals surface area contributed by atoms with Crippen molar-refractivity contribution >= 4 is 11.3 Å². The van der Waals surface area contributed by atoms with Crippen LogP contribution < -0.4 is 5.32 Å². The van der Waals surface area contributed by atoms with Crippen LogP contribution in [0.2, 0.25) is 0 Å². The van der Waals surface area contributed by atoms with Gasteiger partial charge < -0.3 is 5.32 Å². The van der Waals surface area contributed by atoms with Crippen LogP contribution in [-0.2, 0) is 6.54 Å². The molecule has 1 aliphatic carbocycles. The maximum absolute atomic E-state index is 3.96. The van der Waals surface area contributed by atoms with Gasteiger partial charge in [0.05, 0.1) is 0 Å². The van der Waals surface area contributed by atoms with E-state index in [1.807, 2.05) is 11.3 Å². The zero-order valence-electron chi connectivity index (χ0n) is 13.6. The van der Waals surface area contributed by atoms with E-state index in [1.165, 1.54) is 57.2 Å². The van der Waals surface area contributed by atoms with Gasteiger partial charge in [0.1, 0.15) is 0 Å². The Labute approximate surface area is 133 Å². The Morgan fingerprint density at radius 1 is 1.33 bits per heavy atom. The molecule has 3 rings (SSSR count). The molecule has 1 saturated carbocycles. The van der Waals surface area contributed by atoms with Crippen LogP contribution in [0, 0.1) is 5.92 Å². The summed E-state index contributed by atoms with van der Waals surface area (Å²) in [4.78, 5) is 2.78. The van der Waals surface area contributed by atoms with Crippen molar-refractivity contribution in [3.8, 4) is 0 Å². The van der Waals surface area contributed by atoms with E-state index in [-0.39, 0.29) is 0 Å². The molecule has 1 N–H and O–H groups in total. The molecule has 1 spiro atoms. The molecule has 2 aliphatic rings. The Bertz CT molecular complexity index is 420. The monoisotopic (exact) mass is 306 g/mol. The topological polar surface area (TPSA) is 15.3 Å². The molecule has 1 aromatic rings. The third-order valence-corrected chi connectivity index (χ3v) is 5.99. The summed E-state index contributed by atoms with van der Waals surface area (Å²) in [5, 5.41) is 8.50. The van der Waals surface area contributed by atoms with E-state index in [4.69, 9.17) is 0 Å². The molecule has 1 aliphatic heterocycles. The molecule has 0 amide bonds. The molecule has 2 nitrogen and oxygen atoms in total. The summed E-state index contributed by atoms with van der Waals surface area (Å²) in [6.07, 6.45) is 8.32. The summed E-state index contributed by atoms with van der Waals surface area (Å²) in [6.45, 7) is 8.29. The first kappa shape index (κ1) is 15.5. The zero-order chi connectivity index (χ0) is 14.7. The Morgan fingerprint density at radius 3 is 2.81 bits per heavy atom. The fraction of sp³-hybridized carbons (Fsp3) is 0.778. The normalized spacial score (nSPS) is 26.5. The maximum Gasteiger partial charge on any atom is 0.0309 e. The molecule has 2 heterocycles. The average molecular weight is 307 g/mol. The van der Waals surface area contributed by atoms with Gasteiger partial charge in [-0.15, -0.1) is 0 Å². The Kier molecular flexibility index (Phi) is 5.03. The lowest BCUT2D eigenvalue weighted by molar-refractivity contribution is 0.0414. The highest BCUT2D eigenvalue weighted by Gasteiger charge is 2.39.